The molecule has 0 unspecified atom stereocenters. The molecule has 27 heavy (non-hydrogen) atoms. The summed E-state index contributed by atoms with van der Waals surface area (Å²) in [5.41, 5.74) is 3.62. The van der Waals surface area contributed by atoms with Crippen molar-refractivity contribution in [2.75, 3.05) is 13.7 Å². The van der Waals surface area contributed by atoms with Crippen LogP contribution in [-0.4, -0.2) is 30.9 Å². The van der Waals surface area contributed by atoms with Crippen LogP contribution in [0.1, 0.15) is 23.0 Å². The number of furan rings is 1. The van der Waals surface area contributed by atoms with Crippen LogP contribution >= 0.6 is 15.9 Å². The van der Waals surface area contributed by atoms with Crippen molar-refractivity contribution >= 4 is 39.0 Å². The van der Waals surface area contributed by atoms with E-state index in [-0.39, 0.29) is 11.5 Å². The number of nitrogens with zero attached hydrogens (tertiary/aromatic N) is 1. The predicted octanol–water partition coefficient (Wildman–Crippen LogP) is 4.07. The van der Waals surface area contributed by atoms with Gasteiger partial charge in [-0.05, 0) is 64.8 Å². The van der Waals surface area contributed by atoms with Crippen molar-refractivity contribution < 1.29 is 23.8 Å². The monoisotopic (exact) mass is 432 g/mol. The quantitative estimate of drug-likeness (QED) is 0.452. The zero-order valence-electron chi connectivity index (χ0n) is 14.7. The largest absolute Gasteiger partial charge is 0.503 e. The molecule has 2 aromatic carbocycles. The summed E-state index contributed by atoms with van der Waals surface area (Å²) in [5, 5.41) is 14.5. The molecule has 0 spiro atoms. The lowest BCUT2D eigenvalue weighted by molar-refractivity contribution is 0.0929. The lowest BCUT2D eigenvalue weighted by Gasteiger charge is -2.06. The van der Waals surface area contributed by atoms with E-state index in [1.54, 1.807) is 30.3 Å². The molecule has 0 fully saturated rings. The highest BCUT2D eigenvalue weighted by Crippen LogP contribution is 2.34. The zero-order valence-corrected chi connectivity index (χ0v) is 16.2. The summed E-state index contributed by atoms with van der Waals surface area (Å²) < 4.78 is 16.5. The molecule has 1 heterocycles. The first-order valence-corrected chi connectivity index (χ1v) is 8.87. The van der Waals surface area contributed by atoms with Crippen molar-refractivity contribution in [3.63, 3.8) is 0 Å². The summed E-state index contributed by atoms with van der Waals surface area (Å²) in [5.74, 6) is 0.653. The minimum atomic E-state index is -0.481. The smallest absolute Gasteiger partial charge is 0.307 e. The fraction of sp³-hybridized carbons (Fsp3) is 0.158. The van der Waals surface area contributed by atoms with Crippen LogP contribution in [-0.2, 0) is 0 Å². The Kier molecular flexibility index (Phi) is 5.66. The fourth-order valence-corrected chi connectivity index (χ4v) is 2.89. The second kappa shape index (κ2) is 8.13. The Morgan fingerprint density at radius 3 is 2.89 bits per heavy atom. The Balaban J connectivity index is 1.73. The first kappa shape index (κ1) is 18.8. The van der Waals surface area contributed by atoms with Crippen LogP contribution in [0.3, 0.4) is 0 Å². The van der Waals surface area contributed by atoms with Crippen molar-refractivity contribution in [2.24, 2.45) is 5.10 Å². The van der Waals surface area contributed by atoms with Crippen molar-refractivity contribution in [3.8, 4) is 17.2 Å². The van der Waals surface area contributed by atoms with Gasteiger partial charge in [0.25, 0.3) is 0 Å². The van der Waals surface area contributed by atoms with Gasteiger partial charge in [-0.3, -0.25) is 4.79 Å². The van der Waals surface area contributed by atoms with Crippen LogP contribution in [0.2, 0.25) is 0 Å². The van der Waals surface area contributed by atoms with Gasteiger partial charge in [0, 0.05) is 5.39 Å². The minimum Gasteiger partial charge on any atom is -0.503 e. The highest BCUT2D eigenvalue weighted by molar-refractivity contribution is 9.10. The van der Waals surface area contributed by atoms with Gasteiger partial charge in [0.15, 0.2) is 17.3 Å². The summed E-state index contributed by atoms with van der Waals surface area (Å²) >= 11 is 3.23. The number of ether oxygens (including phenoxy) is 2. The first-order valence-electron chi connectivity index (χ1n) is 8.08. The summed E-state index contributed by atoms with van der Waals surface area (Å²) in [6, 6.07) is 10.2. The molecule has 0 aliphatic heterocycles. The number of methoxy groups -OCH3 is 1. The number of phenolic OH excluding ortho intramolecular Hbond substituents is 1. The molecule has 3 aromatic rings. The number of hydrogen-bond acceptors (Lipinski definition) is 6. The van der Waals surface area contributed by atoms with E-state index in [0.717, 1.165) is 5.39 Å². The molecule has 1 amide bonds. The minimum absolute atomic E-state index is 0.00705. The molecule has 0 bridgehead atoms. The number of rotatable bonds is 6. The lowest BCUT2D eigenvalue weighted by Crippen LogP contribution is -2.16. The number of amides is 1. The molecule has 0 aliphatic rings. The first-order chi connectivity index (χ1) is 13.0. The van der Waals surface area contributed by atoms with E-state index in [0.29, 0.717) is 33.7 Å². The van der Waals surface area contributed by atoms with Crippen molar-refractivity contribution in [1.29, 1.82) is 0 Å². The maximum Gasteiger partial charge on any atom is 0.307 e. The molecule has 8 heteroatoms. The molecule has 1 aromatic heterocycles. The Morgan fingerprint density at radius 2 is 2.15 bits per heavy atom. The standard InChI is InChI=1S/C19H17BrN2O5/c1-3-26-13-4-5-15-12(8-13)9-17(27-15)19(24)22-21-10-11-6-14(20)18(23)16(7-11)25-2/h4-10,23H,3H2,1-2H3,(H,22,24)/b21-10+. The summed E-state index contributed by atoms with van der Waals surface area (Å²) in [6.07, 6.45) is 1.43. The van der Waals surface area contributed by atoms with Gasteiger partial charge in [0.05, 0.1) is 24.4 Å². The molecule has 7 nitrogen and oxygen atoms in total. The normalized spacial score (nSPS) is 11.1. The molecule has 140 valence electrons. The van der Waals surface area contributed by atoms with E-state index in [9.17, 15) is 9.90 Å². The SMILES string of the molecule is CCOc1ccc2oc(C(=O)N/N=C/c3cc(Br)c(O)c(OC)c3)cc2c1. The maximum absolute atomic E-state index is 12.2. The van der Waals surface area contributed by atoms with E-state index in [4.69, 9.17) is 13.9 Å². The number of phenols is 1. The number of hydrogen-bond donors (Lipinski definition) is 2. The third-order valence-electron chi connectivity index (χ3n) is 3.67. The van der Waals surface area contributed by atoms with Gasteiger partial charge in [-0.15, -0.1) is 0 Å². The van der Waals surface area contributed by atoms with Gasteiger partial charge in [0.2, 0.25) is 0 Å². The second-order valence-electron chi connectivity index (χ2n) is 5.50. The molecule has 0 saturated carbocycles. The van der Waals surface area contributed by atoms with Crippen molar-refractivity contribution in [1.82, 2.24) is 5.43 Å². The van der Waals surface area contributed by atoms with Crippen molar-refractivity contribution in [3.05, 3.63) is 52.2 Å². The number of hydrazone groups is 1. The number of benzene rings is 2. The van der Waals surface area contributed by atoms with E-state index in [2.05, 4.69) is 26.5 Å². The molecule has 0 atom stereocenters. The van der Waals surface area contributed by atoms with E-state index < -0.39 is 5.91 Å². The average molecular weight is 433 g/mol. The van der Waals surface area contributed by atoms with Gasteiger partial charge in [0.1, 0.15) is 11.3 Å². The fourth-order valence-electron chi connectivity index (χ4n) is 2.43. The topological polar surface area (TPSA) is 93.3 Å². The summed E-state index contributed by atoms with van der Waals surface area (Å²) in [7, 11) is 1.45. The number of fused-ring (bicyclic) bond motifs is 1. The Bertz CT molecular complexity index is 1010. The highest BCUT2D eigenvalue weighted by Gasteiger charge is 2.12. The summed E-state index contributed by atoms with van der Waals surface area (Å²) in [4.78, 5) is 12.2. The Morgan fingerprint density at radius 1 is 1.33 bits per heavy atom. The number of carbonyl (C=O) groups is 1. The Hall–Kier alpha value is -3.00. The van der Waals surface area contributed by atoms with Gasteiger partial charge >= 0.3 is 5.91 Å². The number of halogens is 1. The lowest BCUT2D eigenvalue weighted by atomic mass is 10.2. The van der Waals surface area contributed by atoms with Gasteiger partial charge in [-0.25, -0.2) is 5.43 Å². The van der Waals surface area contributed by atoms with Crippen LogP contribution in [0.25, 0.3) is 11.0 Å². The third-order valence-corrected chi connectivity index (χ3v) is 4.28. The van der Waals surface area contributed by atoms with E-state index in [1.165, 1.54) is 13.3 Å². The number of carbonyl (C=O) groups excluding carboxylic acids is 1. The van der Waals surface area contributed by atoms with E-state index >= 15 is 0 Å². The highest BCUT2D eigenvalue weighted by atomic mass is 79.9. The summed E-state index contributed by atoms with van der Waals surface area (Å²) in [6.45, 7) is 2.46. The van der Waals surface area contributed by atoms with Gasteiger partial charge in [-0.1, -0.05) is 0 Å². The van der Waals surface area contributed by atoms with Crippen LogP contribution in [0.15, 0.2) is 50.4 Å². The maximum atomic E-state index is 12.2. The molecule has 3 rings (SSSR count). The second-order valence-corrected chi connectivity index (χ2v) is 6.35. The number of aromatic hydroxyl groups is 1. The average Bonchev–Trinajstić information content (AvgIpc) is 3.08. The van der Waals surface area contributed by atoms with E-state index in [1.807, 2.05) is 13.0 Å². The Labute approximate surface area is 163 Å². The molecule has 0 saturated heterocycles. The van der Waals surface area contributed by atoms with Crippen LogP contribution in [0.4, 0.5) is 0 Å². The van der Waals surface area contributed by atoms with Crippen molar-refractivity contribution in [2.45, 2.75) is 6.92 Å². The molecule has 0 radical (unpaired) electrons. The molecule has 2 N–H and O–H groups in total. The van der Waals surface area contributed by atoms with Crippen LogP contribution in [0.5, 0.6) is 17.2 Å². The van der Waals surface area contributed by atoms with Gasteiger partial charge < -0.3 is 19.0 Å². The molecular formula is C19H17BrN2O5. The van der Waals surface area contributed by atoms with Crippen LogP contribution < -0.4 is 14.9 Å². The predicted molar refractivity (Wildman–Crippen MR) is 105 cm³/mol. The third kappa shape index (κ3) is 4.22. The molecule has 0 aliphatic carbocycles. The molecular weight excluding hydrogens is 416 g/mol. The number of nitrogens with one attached hydrogen (secondary N) is 1. The van der Waals surface area contributed by atoms with Crippen LogP contribution in [0, 0.1) is 0 Å². The van der Waals surface area contributed by atoms with Gasteiger partial charge in [-0.2, -0.15) is 5.10 Å². The zero-order chi connectivity index (χ0) is 19.4.